The van der Waals surface area contributed by atoms with Crippen molar-refractivity contribution in [1.29, 1.82) is 0 Å². The number of ether oxygens (including phenoxy) is 2. The molecule has 0 aromatic carbocycles. The summed E-state index contributed by atoms with van der Waals surface area (Å²) in [5, 5.41) is 0. The second-order valence-corrected chi connectivity index (χ2v) is 7.26. The molecule has 0 amide bonds. The molecule has 0 aliphatic carbocycles. The molecule has 176 valence electrons. The van der Waals surface area contributed by atoms with Gasteiger partial charge in [0.05, 0.1) is 0 Å². The van der Waals surface area contributed by atoms with Crippen LogP contribution in [-0.2, 0) is 29.2 Å². The Hall–Kier alpha value is -2.04. The van der Waals surface area contributed by atoms with E-state index in [1.54, 1.807) is 0 Å². The molecule has 0 saturated carbocycles. The summed E-state index contributed by atoms with van der Waals surface area (Å²) in [6.07, 6.45) is -19.9. The zero-order valence-electron chi connectivity index (χ0n) is 14.8. The molecule has 0 aliphatic rings. The van der Waals surface area contributed by atoms with Gasteiger partial charge in [0.1, 0.15) is 5.75 Å². The molecule has 0 aliphatic heterocycles. The maximum Gasteiger partial charge on any atom is 0.438 e. The highest BCUT2D eigenvalue weighted by Crippen LogP contribution is 2.47. The number of esters is 2. The standard InChI is InChI=1S/C13H13F9O7S/c1-3-9(2,11(14,15)16)28-7(23)4-5-8(24)29-10(12(17,18)19,13(20,21)22)6-30(25,26)27/h4-5H,3,6H2,1-2H3,(H,25,26,27)/b5-4-. The van der Waals surface area contributed by atoms with Gasteiger partial charge in [-0.3, -0.25) is 4.55 Å². The van der Waals surface area contributed by atoms with Crippen LogP contribution in [0.4, 0.5) is 39.5 Å². The monoisotopic (exact) mass is 484 g/mol. The van der Waals surface area contributed by atoms with Crippen LogP contribution >= 0.6 is 0 Å². The lowest BCUT2D eigenvalue weighted by Crippen LogP contribution is -2.63. The molecule has 0 aromatic rings. The van der Waals surface area contributed by atoms with Gasteiger partial charge < -0.3 is 9.47 Å². The molecule has 0 saturated heterocycles. The van der Waals surface area contributed by atoms with E-state index in [1.807, 2.05) is 0 Å². The highest BCUT2D eigenvalue weighted by Gasteiger charge is 2.75. The highest BCUT2D eigenvalue weighted by atomic mass is 32.2. The van der Waals surface area contributed by atoms with Gasteiger partial charge in [0.2, 0.25) is 5.60 Å². The summed E-state index contributed by atoms with van der Waals surface area (Å²) in [6.45, 7) is 1.34. The Kier molecular flexibility index (Phi) is 8.02. The SMILES string of the molecule is CCC(C)(OC(=O)/C=C\C(=O)OC(CS(=O)(=O)O)(C(F)(F)F)C(F)(F)F)C(F)(F)F. The van der Waals surface area contributed by atoms with Gasteiger partial charge in [-0.15, -0.1) is 0 Å². The summed E-state index contributed by atoms with van der Waals surface area (Å²) in [5.74, 6) is -7.76. The van der Waals surface area contributed by atoms with Crippen LogP contribution in [0.15, 0.2) is 12.2 Å². The van der Waals surface area contributed by atoms with Crippen LogP contribution in [-0.4, -0.2) is 60.4 Å². The van der Waals surface area contributed by atoms with E-state index in [4.69, 9.17) is 4.55 Å². The van der Waals surface area contributed by atoms with Gasteiger partial charge in [0.15, 0.2) is 0 Å². The average Bonchev–Trinajstić information content (AvgIpc) is 2.47. The lowest BCUT2D eigenvalue weighted by Gasteiger charge is -2.35. The Morgan fingerprint density at radius 3 is 1.47 bits per heavy atom. The van der Waals surface area contributed by atoms with Gasteiger partial charge in [-0.25, -0.2) is 9.59 Å². The first kappa shape index (κ1) is 28.0. The minimum Gasteiger partial charge on any atom is -0.447 e. The predicted octanol–water partition coefficient (Wildman–Crippen LogP) is 3.11. The van der Waals surface area contributed by atoms with Crippen molar-refractivity contribution in [1.82, 2.24) is 0 Å². The second-order valence-electron chi connectivity index (χ2n) is 5.81. The van der Waals surface area contributed by atoms with Crippen molar-refractivity contribution >= 4 is 22.1 Å². The maximum absolute atomic E-state index is 12.9. The van der Waals surface area contributed by atoms with Crippen LogP contribution in [0, 0.1) is 0 Å². The summed E-state index contributed by atoms with van der Waals surface area (Å²) in [5.41, 5.74) is -8.83. The number of alkyl halides is 9. The van der Waals surface area contributed by atoms with Crippen molar-refractivity contribution in [2.24, 2.45) is 0 Å². The molecular formula is C13H13F9O7S. The van der Waals surface area contributed by atoms with E-state index in [1.165, 1.54) is 0 Å². The second kappa shape index (κ2) is 8.60. The molecule has 0 aromatic heterocycles. The van der Waals surface area contributed by atoms with Gasteiger partial charge in [0.25, 0.3) is 10.1 Å². The van der Waals surface area contributed by atoms with Crippen LogP contribution in [0.5, 0.6) is 0 Å². The third-order valence-corrected chi connectivity index (χ3v) is 4.30. The van der Waals surface area contributed by atoms with E-state index < -0.39 is 70.0 Å². The third-order valence-electron chi connectivity index (χ3n) is 3.53. The fourth-order valence-electron chi connectivity index (χ4n) is 1.65. The Bertz CT molecular complexity index is 766. The number of hydrogen-bond donors (Lipinski definition) is 1. The fraction of sp³-hybridized carbons (Fsp3) is 0.692. The Morgan fingerprint density at radius 2 is 1.20 bits per heavy atom. The number of hydrogen-bond acceptors (Lipinski definition) is 6. The van der Waals surface area contributed by atoms with Crippen LogP contribution in [0.3, 0.4) is 0 Å². The Morgan fingerprint density at radius 1 is 0.833 bits per heavy atom. The summed E-state index contributed by atoms with van der Waals surface area (Å²) < 4.78 is 153. The Labute approximate surface area is 162 Å². The van der Waals surface area contributed by atoms with E-state index in [9.17, 15) is 57.5 Å². The van der Waals surface area contributed by atoms with Crippen molar-refractivity contribution in [2.75, 3.05) is 5.75 Å². The predicted molar refractivity (Wildman–Crippen MR) is 77.3 cm³/mol. The molecule has 30 heavy (non-hydrogen) atoms. The molecule has 1 atom stereocenters. The summed E-state index contributed by atoms with van der Waals surface area (Å²) >= 11 is 0. The van der Waals surface area contributed by atoms with Crippen molar-refractivity contribution in [3.63, 3.8) is 0 Å². The topological polar surface area (TPSA) is 107 Å². The van der Waals surface area contributed by atoms with Crippen LogP contribution < -0.4 is 0 Å². The van der Waals surface area contributed by atoms with E-state index >= 15 is 0 Å². The molecule has 7 nitrogen and oxygen atoms in total. The molecule has 0 spiro atoms. The van der Waals surface area contributed by atoms with Gasteiger partial charge in [0, 0.05) is 12.2 Å². The van der Waals surface area contributed by atoms with E-state index in [0.29, 0.717) is 6.92 Å². The van der Waals surface area contributed by atoms with Crippen LogP contribution in [0.2, 0.25) is 0 Å². The fourth-order valence-corrected chi connectivity index (χ4v) is 2.55. The zero-order valence-corrected chi connectivity index (χ0v) is 15.6. The van der Waals surface area contributed by atoms with Gasteiger partial charge in [-0.1, -0.05) is 6.92 Å². The minimum absolute atomic E-state index is 0.257. The van der Waals surface area contributed by atoms with Crippen LogP contribution in [0.25, 0.3) is 0 Å². The lowest BCUT2D eigenvalue weighted by atomic mass is 10.0. The van der Waals surface area contributed by atoms with Crippen molar-refractivity contribution in [3.05, 3.63) is 12.2 Å². The molecule has 17 heteroatoms. The number of carbonyl (C=O) groups excluding carboxylic acids is 2. The highest BCUT2D eigenvalue weighted by molar-refractivity contribution is 7.85. The van der Waals surface area contributed by atoms with E-state index in [2.05, 4.69) is 9.47 Å². The maximum atomic E-state index is 12.9. The molecule has 0 heterocycles. The van der Waals surface area contributed by atoms with Crippen molar-refractivity contribution in [3.8, 4) is 0 Å². The molecule has 0 radical (unpaired) electrons. The summed E-state index contributed by atoms with van der Waals surface area (Å²) in [6, 6.07) is 0. The number of rotatable bonds is 7. The number of carbonyl (C=O) groups is 2. The van der Waals surface area contributed by atoms with E-state index in [0.717, 1.165) is 6.92 Å². The normalized spacial score (nSPS) is 16.3. The molecular weight excluding hydrogens is 471 g/mol. The van der Waals surface area contributed by atoms with Crippen LogP contribution in [0.1, 0.15) is 20.3 Å². The molecule has 0 fully saturated rings. The summed E-state index contributed by atoms with van der Waals surface area (Å²) in [4.78, 5) is 22.7. The molecule has 1 N–H and O–H groups in total. The first-order valence-electron chi connectivity index (χ1n) is 7.31. The third kappa shape index (κ3) is 6.75. The largest absolute Gasteiger partial charge is 0.447 e. The molecule has 0 rings (SSSR count). The first-order chi connectivity index (χ1) is 13.0. The van der Waals surface area contributed by atoms with Gasteiger partial charge >= 0.3 is 36.1 Å². The van der Waals surface area contributed by atoms with E-state index in [-0.39, 0.29) is 6.08 Å². The Balaban J connectivity index is 5.82. The minimum atomic E-state index is -6.61. The average molecular weight is 484 g/mol. The van der Waals surface area contributed by atoms with Crippen molar-refractivity contribution < 1.29 is 71.5 Å². The smallest absolute Gasteiger partial charge is 0.438 e. The first-order valence-corrected chi connectivity index (χ1v) is 8.91. The lowest BCUT2D eigenvalue weighted by molar-refractivity contribution is -0.360. The zero-order chi connectivity index (χ0) is 24.4. The van der Waals surface area contributed by atoms with Gasteiger partial charge in [-0.2, -0.15) is 47.9 Å². The van der Waals surface area contributed by atoms with Gasteiger partial charge in [-0.05, 0) is 13.3 Å². The van der Waals surface area contributed by atoms with Crippen molar-refractivity contribution in [2.45, 2.75) is 50.0 Å². The number of halogens is 9. The quantitative estimate of drug-likeness (QED) is 0.256. The molecule has 1 unspecified atom stereocenters. The summed E-state index contributed by atoms with van der Waals surface area (Å²) in [7, 11) is -6.03. The molecule has 0 bridgehead atoms.